The first kappa shape index (κ1) is 14.0. The number of halogens is 2. The van der Waals surface area contributed by atoms with Gasteiger partial charge in [0.15, 0.2) is 17.4 Å². The van der Waals surface area contributed by atoms with Crippen molar-refractivity contribution in [2.45, 2.75) is 25.8 Å². The van der Waals surface area contributed by atoms with E-state index in [1.165, 1.54) is 19.2 Å². The zero-order valence-corrected chi connectivity index (χ0v) is 12.4. The summed E-state index contributed by atoms with van der Waals surface area (Å²) in [5.74, 6) is -1.31. The third kappa shape index (κ3) is 2.30. The lowest BCUT2D eigenvalue weighted by molar-refractivity contribution is 0.101. The van der Waals surface area contributed by atoms with Crippen LogP contribution in [0.3, 0.4) is 0 Å². The SMILES string of the molecule is CC(=O)c1cncc(-c2nc3cc(F)c(F)cc3n2C2CC2)c1. The van der Waals surface area contributed by atoms with Crippen LogP contribution in [0.5, 0.6) is 0 Å². The summed E-state index contributed by atoms with van der Waals surface area (Å²) in [5, 5.41) is 0. The molecule has 1 saturated carbocycles. The second kappa shape index (κ2) is 4.94. The minimum Gasteiger partial charge on any atom is -0.321 e. The van der Waals surface area contributed by atoms with Gasteiger partial charge in [-0.15, -0.1) is 0 Å². The van der Waals surface area contributed by atoms with E-state index in [-0.39, 0.29) is 11.8 Å². The quantitative estimate of drug-likeness (QED) is 0.689. The first-order chi connectivity index (χ1) is 11.0. The molecule has 4 nitrogen and oxygen atoms in total. The highest BCUT2D eigenvalue weighted by atomic mass is 19.2. The van der Waals surface area contributed by atoms with Crippen LogP contribution in [0.25, 0.3) is 22.4 Å². The lowest BCUT2D eigenvalue weighted by atomic mass is 10.1. The van der Waals surface area contributed by atoms with E-state index in [1.54, 1.807) is 12.3 Å². The summed E-state index contributed by atoms with van der Waals surface area (Å²) in [6.45, 7) is 1.47. The Bertz CT molecular complexity index is 944. The van der Waals surface area contributed by atoms with Gasteiger partial charge in [-0.3, -0.25) is 9.78 Å². The molecule has 1 fully saturated rings. The van der Waals surface area contributed by atoms with Crippen molar-refractivity contribution >= 4 is 16.8 Å². The van der Waals surface area contributed by atoms with E-state index in [9.17, 15) is 13.6 Å². The fraction of sp³-hybridized carbons (Fsp3) is 0.235. The normalized spacial score (nSPS) is 14.4. The molecular formula is C17H13F2N3O. The molecule has 4 rings (SSSR count). The number of nitrogens with zero attached hydrogens (tertiary/aromatic N) is 3. The van der Waals surface area contributed by atoms with Crippen LogP contribution in [-0.2, 0) is 0 Å². The van der Waals surface area contributed by atoms with Crippen LogP contribution in [0.15, 0.2) is 30.6 Å². The summed E-state index contributed by atoms with van der Waals surface area (Å²) in [4.78, 5) is 20.1. The van der Waals surface area contributed by atoms with E-state index >= 15 is 0 Å². The maximum absolute atomic E-state index is 13.6. The Morgan fingerprint density at radius 3 is 2.61 bits per heavy atom. The number of fused-ring (bicyclic) bond motifs is 1. The Kier molecular flexibility index (Phi) is 3.01. The fourth-order valence-electron chi connectivity index (χ4n) is 2.75. The third-order valence-corrected chi connectivity index (χ3v) is 4.05. The molecule has 6 heteroatoms. The summed E-state index contributed by atoms with van der Waals surface area (Å²) in [6, 6.07) is 4.22. The van der Waals surface area contributed by atoms with Crippen molar-refractivity contribution in [2.24, 2.45) is 0 Å². The molecule has 0 radical (unpaired) electrons. The Morgan fingerprint density at radius 2 is 1.91 bits per heavy atom. The van der Waals surface area contributed by atoms with Gasteiger partial charge in [-0.25, -0.2) is 13.8 Å². The Morgan fingerprint density at radius 1 is 1.17 bits per heavy atom. The lowest BCUT2D eigenvalue weighted by Crippen LogP contribution is -2.00. The van der Waals surface area contributed by atoms with Crippen molar-refractivity contribution in [2.75, 3.05) is 0 Å². The highest BCUT2D eigenvalue weighted by molar-refractivity contribution is 5.95. The van der Waals surface area contributed by atoms with Crippen LogP contribution in [-0.4, -0.2) is 20.3 Å². The van der Waals surface area contributed by atoms with Gasteiger partial charge in [-0.2, -0.15) is 0 Å². The molecule has 1 aromatic carbocycles. The minimum atomic E-state index is -0.917. The van der Waals surface area contributed by atoms with Crippen LogP contribution in [0.4, 0.5) is 8.78 Å². The van der Waals surface area contributed by atoms with Gasteiger partial charge in [0.2, 0.25) is 0 Å². The number of carbonyl (C=O) groups is 1. The van der Waals surface area contributed by atoms with Gasteiger partial charge in [0.25, 0.3) is 0 Å². The number of ketones is 1. The molecule has 0 saturated heterocycles. The molecule has 2 aromatic heterocycles. The summed E-state index contributed by atoms with van der Waals surface area (Å²) in [6.07, 6.45) is 5.04. The first-order valence-electron chi connectivity index (χ1n) is 7.38. The minimum absolute atomic E-state index is 0.0921. The van der Waals surface area contributed by atoms with Crippen LogP contribution in [0.1, 0.15) is 36.2 Å². The summed E-state index contributed by atoms with van der Waals surface area (Å²) in [7, 11) is 0. The number of Topliss-reactive ketones (excluding diaryl/α,β-unsaturated/α-hetero) is 1. The first-order valence-corrected chi connectivity index (χ1v) is 7.38. The van der Waals surface area contributed by atoms with Crippen molar-refractivity contribution in [1.29, 1.82) is 0 Å². The molecule has 0 atom stereocenters. The molecule has 2 heterocycles. The number of imidazole rings is 1. The van der Waals surface area contributed by atoms with E-state index < -0.39 is 11.6 Å². The molecule has 0 unspecified atom stereocenters. The molecular weight excluding hydrogens is 300 g/mol. The molecule has 0 bridgehead atoms. The Balaban J connectivity index is 1.98. The molecule has 3 aromatic rings. The smallest absolute Gasteiger partial charge is 0.161 e. The highest BCUT2D eigenvalue weighted by Crippen LogP contribution is 2.41. The molecule has 0 N–H and O–H groups in total. The topological polar surface area (TPSA) is 47.8 Å². The lowest BCUT2D eigenvalue weighted by Gasteiger charge is -2.08. The molecule has 23 heavy (non-hydrogen) atoms. The number of carbonyl (C=O) groups excluding carboxylic acids is 1. The van der Waals surface area contributed by atoms with Gasteiger partial charge in [0, 0.05) is 41.7 Å². The standard InChI is InChI=1S/C17H13F2N3O/c1-9(23)10-4-11(8-20-7-10)17-21-15-5-13(18)14(19)6-16(15)22(17)12-2-3-12/h4-8,12H,2-3H2,1H3. The number of pyridine rings is 1. The van der Waals surface area contributed by atoms with Crippen molar-refractivity contribution in [3.8, 4) is 11.4 Å². The second-order valence-corrected chi connectivity index (χ2v) is 5.81. The van der Waals surface area contributed by atoms with E-state index in [1.807, 2.05) is 4.57 Å². The van der Waals surface area contributed by atoms with E-state index in [0.717, 1.165) is 18.9 Å². The van der Waals surface area contributed by atoms with Crippen LogP contribution < -0.4 is 0 Å². The monoisotopic (exact) mass is 313 g/mol. The second-order valence-electron chi connectivity index (χ2n) is 5.81. The number of rotatable bonds is 3. The molecule has 0 amide bonds. The molecule has 116 valence electrons. The number of benzene rings is 1. The molecule has 0 spiro atoms. The van der Waals surface area contributed by atoms with E-state index in [0.29, 0.717) is 28.0 Å². The van der Waals surface area contributed by atoms with Crippen molar-refractivity contribution in [3.05, 3.63) is 47.8 Å². The summed E-state index contributed by atoms with van der Waals surface area (Å²) in [5.41, 5.74) is 2.12. The highest BCUT2D eigenvalue weighted by Gasteiger charge is 2.29. The zero-order valence-electron chi connectivity index (χ0n) is 12.4. The average Bonchev–Trinajstić information content (AvgIpc) is 3.30. The van der Waals surface area contributed by atoms with E-state index in [2.05, 4.69) is 9.97 Å². The summed E-state index contributed by atoms with van der Waals surface area (Å²) >= 11 is 0. The number of hydrogen-bond acceptors (Lipinski definition) is 3. The molecule has 0 aliphatic heterocycles. The maximum Gasteiger partial charge on any atom is 0.161 e. The van der Waals surface area contributed by atoms with Crippen LogP contribution in [0, 0.1) is 11.6 Å². The molecule has 1 aliphatic rings. The van der Waals surface area contributed by atoms with Crippen molar-refractivity contribution in [1.82, 2.24) is 14.5 Å². The van der Waals surface area contributed by atoms with Gasteiger partial charge in [0.1, 0.15) is 5.82 Å². The maximum atomic E-state index is 13.6. The largest absolute Gasteiger partial charge is 0.321 e. The van der Waals surface area contributed by atoms with Crippen molar-refractivity contribution in [3.63, 3.8) is 0 Å². The van der Waals surface area contributed by atoms with Gasteiger partial charge in [-0.05, 0) is 25.8 Å². The predicted molar refractivity (Wildman–Crippen MR) is 81.2 cm³/mol. The van der Waals surface area contributed by atoms with Crippen molar-refractivity contribution < 1.29 is 13.6 Å². The molecule has 1 aliphatic carbocycles. The fourth-order valence-corrected chi connectivity index (χ4v) is 2.75. The Hall–Kier alpha value is -2.63. The summed E-state index contributed by atoms with van der Waals surface area (Å²) < 4.78 is 29.0. The number of aromatic nitrogens is 3. The Labute approximate surface area is 130 Å². The van der Waals surface area contributed by atoms with Gasteiger partial charge in [0.05, 0.1) is 11.0 Å². The van der Waals surface area contributed by atoms with E-state index in [4.69, 9.17) is 0 Å². The predicted octanol–water partition coefficient (Wildman–Crippen LogP) is 3.91. The van der Waals surface area contributed by atoms with Gasteiger partial charge >= 0.3 is 0 Å². The average molecular weight is 313 g/mol. The zero-order chi connectivity index (χ0) is 16.1. The van der Waals surface area contributed by atoms with Gasteiger partial charge < -0.3 is 4.57 Å². The number of hydrogen-bond donors (Lipinski definition) is 0. The van der Waals surface area contributed by atoms with Gasteiger partial charge in [-0.1, -0.05) is 0 Å². The third-order valence-electron chi connectivity index (χ3n) is 4.05. The van der Waals surface area contributed by atoms with Crippen LogP contribution in [0.2, 0.25) is 0 Å². The van der Waals surface area contributed by atoms with Crippen LogP contribution >= 0.6 is 0 Å².